The Balaban J connectivity index is 2.88. The van der Waals surface area contributed by atoms with E-state index in [9.17, 15) is 4.79 Å². The summed E-state index contributed by atoms with van der Waals surface area (Å²) in [6.45, 7) is 11.5. The zero-order valence-corrected chi connectivity index (χ0v) is 12.5. The first-order valence-corrected chi connectivity index (χ1v) is 6.71. The first kappa shape index (κ1) is 15.0. The molecule has 18 heavy (non-hydrogen) atoms. The third-order valence-corrected chi connectivity index (χ3v) is 2.89. The van der Waals surface area contributed by atoms with Crippen LogP contribution < -0.4 is 5.32 Å². The van der Waals surface area contributed by atoms with Gasteiger partial charge in [-0.05, 0) is 18.8 Å². The van der Waals surface area contributed by atoms with Crippen LogP contribution in [-0.2, 0) is 6.54 Å². The van der Waals surface area contributed by atoms with Crippen LogP contribution in [0.15, 0.2) is 0 Å². The van der Waals surface area contributed by atoms with Crippen LogP contribution in [0.1, 0.15) is 43.7 Å². The molecule has 1 rings (SSSR count). The first-order chi connectivity index (χ1) is 8.32. The smallest absolute Gasteiger partial charge is 0.256 e. The van der Waals surface area contributed by atoms with Crippen LogP contribution in [0, 0.1) is 18.8 Å². The van der Waals surface area contributed by atoms with E-state index in [1.165, 1.54) is 0 Å². The van der Waals surface area contributed by atoms with Crippen LogP contribution in [0.3, 0.4) is 0 Å². The number of carbonyl (C=O) groups is 1. The van der Waals surface area contributed by atoms with Crippen molar-refractivity contribution < 1.29 is 4.79 Å². The Hall–Kier alpha value is -1.03. The van der Waals surface area contributed by atoms with Crippen molar-refractivity contribution in [3.8, 4) is 0 Å². The summed E-state index contributed by atoms with van der Waals surface area (Å²) in [5.74, 6) is 0.716. The lowest BCUT2D eigenvalue weighted by atomic mass is 10.2. The highest BCUT2D eigenvalue weighted by Gasteiger charge is 2.20. The number of rotatable bonds is 5. The van der Waals surface area contributed by atoms with Crippen molar-refractivity contribution in [1.29, 1.82) is 0 Å². The van der Waals surface area contributed by atoms with E-state index in [1.54, 1.807) is 4.68 Å². The molecule has 102 valence electrons. The fourth-order valence-corrected chi connectivity index (χ4v) is 1.99. The van der Waals surface area contributed by atoms with Gasteiger partial charge in [0.25, 0.3) is 5.91 Å². The molecule has 0 unspecified atom stereocenters. The van der Waals surface area contributed by atoms with Gasteiger partial charge in [0.2, 0.25) is 0 Å². The van der Waals surface area contributed by atoms with Crippen LogP contribution >= 0.6 is 11.6 Å². The molecule has 1 heterocycles. The molecule has 0 fully saturated rings. The third-order valence-electron chi connectivity index (χ3n) is 2.50. The summed E-state index contributed by atoms with van der Waals surface area (Å²) >= 11 is 6.22. The van der Waals surface area contributed by atoms with Gasteiger partial charge in [-0.2, -0.15) is 5.10 Å². The Morgan fingerprint density at radius 2 is 1.94 bits per heavy atom. The molecule has 1 aromatic rings. The fourth-order valence-electron chi connectivity index (χ4n) is 1.66. The number of nitrogens with zero attached hydrogens (tertiary/aromatic N) is 2. The van der Waals surface area contributed by atoms with Crippen molar-refractivity contribution in [1.82, 2.24) is 15.1 Å². The topological polar surface area (TPSA) is 46.9 Å². The summed E-state index contributed by atoms with van der Waals surface area (Å²) in [4.78, 5) is 12.0. The molecule has 0 bridgehead atoms. The average Bonchev–Trinajstić information content (AvgIpc) is 2.50. The standard InChI is InChI=1S/C13H22ClN3O/c1-8(2)6-15-13(18)11-10(5)16-17(12(11)14)7-9(3)4/h8-9H,6-7H2,1-5H3,(H,15,18). The van der Waals surface area contributed by atoms with E-state index in [1.807, 2.05) is 6.92 Å². The Morgan fingerprint density at radius 3 is 2.44 bits per heavy atom. The van der Waals surface area contributed by atoms with Gasteiger partial charge in [-0.3, -0.25) is 9.48 Å². The summed E-state index contributed by atoms with van der Waals surface area (Å²) in [7, 11) is 0. The lowest BCUT2D eigenvalue weighted by Gasteiger charge is -2.08. The summed E-state index contributed by atoms with van der Waals surface area (Å²) in [5, 5.41) is 7.63. The van der Waals surface area contributed by atoms with Crippen LogP contribution in [0.2, 0.25) is 5.15 Å². The molecule has 5 heteroatoms. The molecule has 0 aromatic carbocycles. The van der Waals surface area contributed by atoms with Crippen molar-refractivity contribution in [2.45, 2.75) is 41.2 Å². The van der Waals surface area contributed by atoms with Gasteiger partial charge in [-0.25, -0.2) is 0 Å². The molecule has 0 aliphatic heterocycles. The molecule has 1 N–H and O–H groups in total. The highest BCUT2D eigenvalue weighted by molar-refractivity contribution is 6.33. The van der Waals surface area contributed by atoms with Gasteiger partial charge in [0.1, 0.15) is 5.15 Å². The highest BCUT2D eigenvalue weighted by atomic mass is 35.5. The number of aryl methyl sites for hydroxylation is 1. The SMILES string of the molecule is Cc1nn(CC(C)C)c(Cl)c1C(=O)NCC(C)C. The zero-order valence-electron chi connectivity index (χ0n) is 11.7. The van der Waals surface area contributed by atoms with Gasteiger partial charge in [-0.15, -0.1) is 0 Å². The van der Waals surface area contributed by atoms with Crippen LogP contribution in [0.4, 0.5) is 0 Å². The van der Waals surface area contributed by atoms with Crippen molar-refractivity contribution >= 4 is 17.5 Å². The molecule has 0 spiro atoms. The van der Waals surface area contributed by atoms with E-state index < -0.39 is 0 Å². The van der Waals surface area contributed by atoms with Crippen LogP contribution in [0.5, 0.6) is 0 Å². The van der Waals surface area contributed by atoms with E-state index in [0.29, 0.717) is 34.8 Å². The van der Waals surface area contributed by atoms with E-state index >= 15 is 0 Å². The fraction of sp³-hybridized carbons (Fsp3) is 0.692. The second-order valence-corrected chi connectivity index (χ2v) is 5.79. The predicted octanol–water partition coefficient (Wildman–Crippen LogP) is 2.89. The molecule has 0 radical (unpaired) electrons. The van der Waals surface area contributed by atoms with Crippen LogP contribution in [0.25, 0.3) is 0 Å². The average molecular weight is 272 g/mol. The Morgan fingerprint density at radius 1 is 1.33 bits per heavy atom. The lowest BCUT2D eigenvalue weighted by Crippen LogP contribution is -2.27. The molecule has 0 saturated carbocycles. The minimum Gasteiger partial charge on any atom is -0.352 e. The van der Waals surface area contributed by atoms with Crippen molar-refractivity contribution in [2.75, 3.05) is 6.54 Å². The van der Waals surface area contributed by atoms with E-state index in [0.717, 1.165) is 6.54 Å². The van der Waals surface area contributed by atoms with Gasteiger partial charge < -0.3 is 5.32 Å². The summed E-state index contributed by atoms with van der Waals surface area (Å²) in [6, 6.07) is 0. The largest absolute Gasteiger partial charge is 0.352 e. The maximum atomic E-state index is 12.0. The molecule has 0 atom stereocenters. The number of aromatic nitrogens is 2. The monoisotopic (exact) mass is 271 g/mol. The van der Waals surface area contributed by atoms with Crippen molar-refractivity contribution in [2.24, 2.45) is 11.8 Å². The maximum Gasteiger partial charge on any atom is 0.256 e. The molecular formula is C13H22ClN3O. The molecule has 0 aliphatic carbocycles. The quantitative estimate of drug-likeness (QED) is 0.895. The molecule has 1 aromatic heterocycles. The predicted molar refractivity (Wildman–Crippen MR) is 74.0 cm³/mol. The highest BCUT2D eigenvalue weighted by Crippen LogP contribution is 2.20. The number of amides is 1. The minimum atomic E-state index is -0.138. The summed E-state index contributed by atoms with van der Waals surface area (Å²) in [6.07, 6.45) is 0. The van der Waals surface area contributed by atoms with Gasteiger partial charge in [0, 0.05) is 13.1 Å². The summed E-state index contributed by atoms with van der Waals surface area (Å²) < 4.78 is 1.70. The number of nitrogens with one attached hydrogen (secondary N) is 1. The second kappa shape index (κ2) is 6.23. The van der Waals surface area contributed by atoms with Gasteiger partial charge >= 0.3 is 0 Å². The van der Waals surface area contributed by atoms with Gasteiger partial charge in [-0.1, -0.05) is 39.3 Å². The molecule has 4 nitrogen and oxygen atoms in total. The van der Waals surface area contributed by atoms with Crippen LogP contribution in [-0.4, -0.2) is 22.2 Å². The summed E-state index contributed by atoms with van der Waals surface area (Å²) in [5.41, 5.74) is 1.18. The Bertz CT molecular complexity index is 424. The minimum absolute atomic E-state index is 0.138. The maximum absolute atomic E-state index is 12.0. The zero-order chi connectivity index (χ0) is 13.9. The van der Waals surface area contributed by atoms with Crippen molar-refractivity contribution in [3.05, 3.63) is 16.4 Å². The van der Waals surface area contributed by atoms with Gasteiger partial charge in [0.05, 0.1) is 11.3 Å². The van der Waals surface area contributed by atoms with E-state index in [2.05, 4.69) is 38.1 Å². The number of carbonyl (C=O) groups excluding carboxylic acids is 1. The molecule has 1 amide bonds. The number of hydrogen-bond donors (Lipinski definition) is 1. The first-order valence-electron chi connectivity index (χ1n) is 6.34. The second-order valence-electron chi connectivity index (χ2n) is 5.43. The van der Waals surface area contributed by atoms with E-state index in [4.69, 9.17) is 11.6 Å². The number of hydrogen-bond acceptors (Lipinski definition) is 2. The van der Waals surface area contributed by atoms with E-state index in [-0.39, 0.29) is 5.91 Å². The number of halogens is 1. The Labute approximate surface area is 114 Å². The van der Waals surface area contributed by atoms with Gasteiger partial charge in [0.15, 0.2) is 0 Å². The van der Waals surface area contributed by atoms with Crippen molar-refractivity contribution in [3.63, 3.8) is 0 Å². The third kappa shape index (κ3) is 3.73. The Kier molecular flexibility index (Phi) is 5.20. The molecule has 0 saturated heterocycles. The molecular weight excluding hydrogens is 250 g/mol. The molecule has 0 aliphatic rings. The lowest BCUT2D eigenvalue weighted by molar-refractivity contribution is 0.0948. The normalized spacial score (nSPS) is 11.3.